The molecule has 0 aliphatic heterocycles. The van der Waals surface area contributed by atoms with Crippen molar-refractivity contribution in [3.8, 4) is 5.69 Å². The molecule has 0 atom stereocenters. The smallest absolute Gasteiger partial charge is 0.0689 e. The fraction of sp³-hybridized carbons (Fsp3) is 0.308. The van der Waals surface area contributed by atoms with Gasteiger partial charge >= 0.3 is 0 Å². The summed E-state index contributed by atoms with van der Waals surface area (Å²) in [5.74, 6) is 0. The standard InChI is InChI=1S/C13H16ClN3/c1-9-12(14)5-4-6-13(9)17-8-11(7-15-3)10(2)16-17/h4-6,8,15H,7H2,1-3H3. The summed E-state index contributed by atoms with van der Waals surface area (Å²) >= 11 is 6.12. The van der Waals surface area contributed by atoms with E-state index in [0.29, 0.717) is 0 Å². The highest BCUT2D eigenvalue weighted by Gasteiger charge is 2.08. The maximum Gasteiger partial charge on any atom is 0.0689 e. The van der Waals surface area contributed by atoms with E-state index in [1.807, 2.05) is 50.0 Å². The van der Waals surface area contributed by atoms with Crippen LogP contribution in [0.5, 0.6) is 0 Å². The van der Waals surface area contributed by atoms with Gasteiger partial charge in [-0.05, 0) is 38.6 Å². The highest BCUT2D eigenvalue weighted by atomic mass is 35.5. The van der Waals surface area contributed by atoms with Crippen molar-refractivity contribution in [3.05, 3.63) is 46.2 Å². The maximum atomic E-state index is 6.12. The Bertz CT molecular complexity index is 531. The van der Waals surface area contributed by atoms with Gasteiger partial charge in [-0.15, -0.1) is 0 Å². The average Bonchev–Trinajstić information content (AvgIpc) is 2.65. The first-order valence-electron chi connectivity index (χ1n) is 5.58. The van der Waals surface area contributed by atoms with Crippen LogP contribution in [0.3, 0.4) is 0 Å². The number of benzene rings is 1. The van der Waals surface area contributed by atoms with E-state index in [0.717, 1.165) is 28.5 Å². The molecule has 0 aliphatic rings. The first-order valence-corrected chi connectivity index (χ1v) is 5.96. The first-order chi connectivity index (χ1) is 8.13. The summed E-state index contributed by atoms with van der Waals surface area (Å²) in [6.07, 6.45) is 2.05. The Hall–Kier alpha value is -1.32. The van der Waals surface area contributed by atoms with Crippen LogP contribution in [0.4, 0.5) is 0 Å². The number of hydrogen-bond acceptors (Lipinski definition) is 2. The van der Waals surface area contributed by atoms with Crippen molar-refractivity contribution in [2.75, 3.05) is 7.05 Å². The molecule has 1 aromatic heterocycles. The van der Waals surface area contributed by atoms with Gasteiger partial charge in [0.25, 0.3) is 0 Å². The minimum atomic E-state index is 0.769. The molecule has 3 nitrogen and oxygen atoms in total. The predicted molar refractivity (Wildman–Crippen MR) is 70.8 cm³/mol. The maximum absolute atomic E-state index is 6.12. The molecule has 0 bridgehead atoms. The molecular weight excluding hydrogens is 234 g/mol. The fourth-order valence-corrected chi connectivity index (χ4v) is 2.00. The van der Waals surface area contributed by atoms with Gasteiger partial charge in [0.15, 0.2) is 0 Å². The molecule has 0 spiro atoms. The summed E-state index contributed by atoms with van der Waals surface area (Å²) in [6, 6.07) is 5.86. The van der Waals surface area contributed by atoms with Crippen LogP contribution in [0.15, 0.2) is 24.4 Å². The Morgan fingerprint density at radius 1 is 1.35 bits per heavy atom. The van der Waals surface area contributed by atoms with E-state index in [-0.39, 0.29) is 0 Å². The van der Waals surface area contributed by atoms with Gasteiger partial charge in [0.05, 0.1) is 11.4 Å². The zero-order valence-corrected chi connectivity index (χ0v) is 11.0. The quantitative estimate of drug-likeness (QED) is 0.907. The third-order valence-electron chi connectivity index (χ3n) is 2.85. The second-order valence-electron chi connectivity index (χ2n) is 4.10. The highest BCUT2D eigenvalue weighted by Crippen LogP contribution is 2.22. The fourth-order valence-electron chi connectivity index (χ4n) is 1.83. The molecule has 1 N–H and O–H groups in total. The Labute approximate surface area is 106 Å². The van der Waals surface area contributed by atoms with Crippen molar-refractivity contribution in [3.63, 3.8) is 0 Å². The lowest BCUT2D eigenvalue weighted by atomic mass is 10.2. The number of nitrogens with zero attached hydrogens (tertiary/aromatic N) is 2. The lowest BCUT2D eigenvalue weighted by Crippen LogP contribution is -2.05. The molecule has 2 rings (SSSR count). The highest BCUT2D eigenvalue weighted by molar-refractivity contribution is 6.31. The van der Waals surface area contributed by atoms with E-state index in [4.69, 9.17) is 11.6 Å². The zero-order valence-electron chi connectivity index (χ0n) is 10.3. The summed E-state index contributed by atoms with van der Waals surface area (Å²) in [4.78, 5) is 0. The van der Waals surface area contributed by atoms with Crippen molar-refractivity contribution in [2.45, 2.75) is 20.4 Å². The molecule has 1 aromatic carbocycles. The number of nitrogens with one attached hydrogen (secondary N) is 1. The molecule has 0 saturated heterocycles. The van der Waals surface area contributed by atoms with Crippen molar-refractivity contribution < 1.29 is 0 Å². The number of rotatable bonds is 3. The van der Waals surface area contributed by atoms with Crippen molar-refractivity contribution in [2.24, 2.45) is 0 Å². The van der Waals surface area contributed by atoms with Crippen LogP contribution >= 0.6 is 11.6 Å². The molecule has 4 heteroatoms. The molecule has 2 aromatic rings. The van der Waals surface area contributed by atoms with Crippen LogP contribution in [0.1, 0.15) is 16.8 Å². The molecule has 0 amide bonds. The SMILES string of the molecule is CNCc1cn(-c2cccc(Cl)c2C)nc1C. The van der Waals surface area contributed by atoms with Gasteiger partial charge in [-0.1, -0.05) is 17.7 Å². The van der Waals surface area contributed by atoms with Gasteiger partial charge in [-0.2, -0.15) is 5.10 Å². The minimum Gasteiger partial charge on any atom is -0.316 e. The topological polar surface area (TPSA) is 29.9 Å². The number of aryl methyl sites for hydroxylation is 1. The molecule has 0 aliphatic carbocycles. The lowest BCUT2D eigenvalue weighted by molar-refractivity contribution is 0.812. The van der Waals surface area contributed by atoms with Crippen LogP contribution in [0.2, 0.25) is 5.02 Å². The van der Waals surface area contributed by atoms with Gasteiger partial charge in [0.1, 0.15) is 0 Å². The number of aromatic nitrogens is 2. The summed E-state index contributed by atoms with van der Waals surface area (Å²) in [6.45, 7) is 4.85. The van der Waals surface area contributed by atoms with E-state index in [1.54, 1.807) is 0 Å². The molecule has 0 saturated carbocycles. The van der Waals surface area contributed by atoms with E-state index in [1.165, 1.54) is 5.56 Å². The van der Waals surface area contributed by atoms with Gasteiger partial charge in [-0.3, -0.25) is 0 Å². The lowest BCUT2D eigenvalue weighted by Gasteiger charge is -2.06. The average molecular weight is 250 g/mol. The van der Waals surface area contributed by atoms with E-state index >= 15 is 0 Å². The Morgan fingerprint density at radius 3 is 2.82 bits per heavy atom. The summed E-state index contributed by atoms with van der Waals surface area (Å²) in [5.41, 5.74) is 4.32. The summed E-state index contributed by atoms with van der Waals surface area (Å²) in [7, 11) is 1.93. The third-order valence-corrected chi connectivity index (χ3v) is 3.26. The molecule has 0 fully saturated rings. The zero-order chi connectivity index (χ0) is 12.4. The second-order valence-corrected chi connectivity index (χ2v) is 4.51. The first kappa shape index (κ1) is 12.1. The number of hydrogen-bond donors (Lipinski definition) is 1. The number of halogens is 1. The van der Waals surface area contributed by atoms with E-state index < -0.39 is 0 Å². The largest absolute Gasteiger partial charge is 0.316 e. The molecule has 1 heterocycles. The van der Waals surface area contributed by atoms with Crippen LogP contribution < -0.4 is 5.32 Å². The molecule has 0 radical (unpaired) electrons. The van der Waals surface area contributed by atoms with Gasteiger partial charge in [-0.25, -0.2) is 4.68 Å². The molecule has 90 valence electrons. The van der Waals surface area contributed by atoms with Crippen LogP contribution in [-0.4, -0.2) is 16.8 Å². The van der Waals surface area contributed by atoms with Crippen molar-refractivity contribution in [1.29, 1.82) is 0 Å². The molecule has 0 unspecified atom stereocenters. The normalized spacial score (nSPS) is 10.8. The Balaban J connectivity index is 2.46. The van der Waals surface area contributed by atoms with E-state index in [9.17, 15) is 0 Å². The second kappa shape index (κ2) is 4.90. The Kier molecular flexibility index (Phi) is 3.50. The van der Waals surface area contributed by atoms with Crippen molar-refractivity contribution in [1.82, 2.24) is 15.1 Å². The summed E-state index contributed by atoms with van der Waals surface area (Å²) < 4.78 is 1.89. The van der Waals surface area contributed by atoms with Crippen LogP contribution in [-0.2, 0) is 6.54 Å². The van der Waals surface area contributed by atoms with Crippen LogP contribution in [0.25, 0.3) is 5.69 Å². The van der Waals surface area contributed by atoms with Crippen LogP contribution in [0, 0.1) is 13.8 Å². The predicted octanol–water partition coefficient (Wildman–Crippen LogP) is 2.86. The third kappa shape index (κ3) is 2.35. The van der Waals surface area contributed by atoms with Gasteiger partial charge < -0.3 is 5.32 Å². The van der Waals surface area contributed by atoms with Gasteiger partial charge in [0.2, 0.25) is 0 Å². The molecular formula is C13H16ClN3. The summed E-state index contributed by atoms with van der Waals surface area (Å²) in [5, 5.41) is 8.42. The Morgan fingerprint density at radius 2 is 2.12 bits per heavy atom. The molecule has 17 heavy (non-hydrogen) atoms. The monoisotopic (exact) mass is 249 g/mol. The van der Waals surface area contributed by atoms with Crippen molar-refractivity contribution >= 4 is 11.6 Å². The minimum absolute atomic E-state index is 0.769. The van der Waals surface area contributed by atoms with E-state index in [2.05, 4.69) is 10.4 Å². The van der Waals surface area contributed by atoms with Gasteiger partial charge in [0, 0.05) is 23.3 Å².